The Morgan fingerprint density at radius 1 is 0.280 bits per heavy atom. The average Bonchev–Trinajstić information content (AvgIpc) is 3.41. The first kappa shape index (κ1) is 70.5. The minimum Gasteiger partial charge on any atom is -0.462 e. The van der Waals surface area contributed by atoms with Crippen LogP contribution in [0.2, 0.25) is 0 Å². The van der Waals surface area contributed by atoms with Gasteiger partial charge in [-0.3, -0.25) is 14.4 Å². The Bertz CT molecular complexity index is 1620. The minimum atomic E-state index is -0.818. The van der Waals surface area contributed by atoms with E-state index in [9.17, 15) is 14.4 Å². The summed E-state index contributed by atoms with van der Waals surface area (Å²) in [5.74, 6) is -0.978. The van der Waals surface area contributed by atoms with Crippen LogP contribution >= 0.6 is 0 Å². The maximum Gasteiger partial charge on any atom is 0.306 e. The molecule has 0 aliphatic rings. The second-order valence-electron chi connectivity index (χ2n) is 19.8. The molecule has 424 valence electrons. The molecule has 0 aliphatic heterocycles. The van der Waals surface area contributed by atoms with Crippen LogP contribution in [0.4, 0.5) is 0 Å². The summed E-state index contributed by atoms with van der Waals surface area (Å²) in [4.78, 5) is 38.3. The van der Waals surface area contributed by atoms with E-state index >= 15 is 0 Å². The molecule has 0 spiro atoms. The number of hydrogen-bond donors (Lipinski definition) is 0. The topological polar surface area (TPSA) is 78.9 Å². The van der Waals surface area contributed by atoms with Crippen molar-refractivity contribution in [2.75, 3.05) is 13.2 Å². The molecule has 0 N–H and O–H groups in total. The summed E-state index contributed by atoms with van der Waals surface area (Å²) in [5, 5.41) is 0. The lowest BCUT2D eigenvalue weighted by Crippen LogP contribution is -2.30. The van der Waals surface area contributed by atoms with Crippen LogP contribution in [0.15, 0.2) is 134 Å². The third-order valence-electron chi connectivity index (χ3n) is 12.6. The van der Waals surface area contributed by atoms with Gasteiger partial charge in [0.25, 0.3) is 0 Å². The normalized spacial score (nSPS) is 13.1. The lowest BCUT2D eigenvalue weighted by molar-refractivity contribution is -0.167. The smallest absolute Gasteiger partial charge is 0.306 e. The molecule has 75 heavy (non-hydrogen) atoms. The first-order valence-corrected chi connectivity index (χ1v) is 30.7. The molecule has 1 atom stereocenters. The van der Waals surface area contributed by atoms with E-state index in [1.54, 1.807) is 0 Å². The number of esters is 3. The van der Waals surface area contributed by atoms with Gasteiger partial charge >= 0.3 is 17.9 Å². The molecule has 0 aromatic rings. The van der Waals surface area contributed by atoms with Gasteiger partial charge in [-0.15, -0.1) is 0 Å². The van der Waals surface area contributed by atoms with Gasteiger partial charge in [0.2, 0.25) is 0 Å². The van der Waals surface area contributed by atoms with Crippen LogP contribution in [0.25, 0.3) is 0 Å². The molecule has 0 heterocycles. The zero-order valence-electron chi connectivity index (χ0n) is 48.5. The lowest BCUT2D eigenvalue weighted by Gasteiger charge is -2.18. The molecule has 0 radical (unpaired) electrons. The highest BCUT2D eigenvalue weighted by atomic mass is 16.6. The van der Waals surface area contributed by atoms with Crippen molar-refractivity contribution in [1.29, 1.82) is 0 Å². The largest absolute Gasteiger partial charge is 0.462 e. The number of rotatable bonds is 54. The molecule has 0 unspecified atom stereocenters. The van der Waals surface area contributed by atoms with Gasteiger partial charge in [0, 0.05) is 19.3 Å². The predicted octanol–water partition coefficient (Wildman–Crippen LogP) is 21.0. The zero-order valence-corrected chi connectivity index (χ0v) is 48.5. The summed E-state index contributed by atoms with van der Waals surface area (Å²) >= 11 is 0. The summed E-state index contributed by atoms with van der Waals surface area (Å²) in [7, 11) is 0. The van der Waals surface area contributed by atoms with E-state index in [1.807, 2.05) is 0 Å². The summed E-state index contributed by atoms with van der Waals surface area (Å²) in [6.07, 6.45) is 87.3. The number of allylic oxidation sites excluding steroid dienone is 22. The first-order valence-electron chi connectivity index (χ1n) is 30.7. The van der Waals surface area contributed by atoms with Crippen molar-refractivity contribution in [2.45, 2.75) is 271 Å². The van der Waals surface area contributed by atoms with Crippen LogP contribution in [0.1, 0.15) is 265 Å². The molecular formula is C69H112O6. The van der Waals surface area contributed by atoms with Gasteiger partial charge in [-0.2, -0.15) is 0 Å². The Labute approximate surface area is 462 Å². The van der Waals surface area contributed by atoms with E-state index in [4.69, 9.17) is 14.2 Å². The summed E-state index contributed by atoms with van der Waals surface area (Å²) in [6, 6.07) is 0. The third kappa shape index (κ3) is 60.3. The van der Waals surface area contributed by atoms with Crippen LogP contribution in [0.5, 0.6) is 0 Å². The monoisotopic (exact) mass is 1040 g/mol. The van der Waals surface area contributed by atoms with Gasteiger partial charge < -0.3 is 14.2 Å². The first-order chi connectivity index (χ1) is 37.0. The second kappa shape index (κ2) is 62.1. The Hall–Kier alpha value is -4.45. The molecule has 0 aromatic carbocycles. The Balaban J connectivity index is 4.53. The molecule has 0 rings (SSSR count). The molecule has 0 saturated heterocycles. The van der Waals surface area contributed by atoms with E-state index in [0.29, 0.717) is 19.3 Å². The predicted molar refractivity (Wildman–Crippen MR) is 325 cm³/mol. The SMILES string of the molecule is CC/C=C\C/C=C\C/C=C\C/C=C\C/C=C\CCCCCC(=O)OC[C@@H](COC(=O)CCCCCCCCC/C=C\CCCCCCCCCC)OC(=O)CCCCC/C=C\C/C=C\C/C=C\C/C=C\C/C=C\CC. The van der Waals surface area contributed by atoms with E-state index in [-0.39, 0.29) is 37.5 Å². The van der Waals surface area contributed by atoms with Crippen molar-refractivity contribution in [3.8, 4) is 0 Å². The van der Waals surface area contributed by atoms with Crippen LogP contribution < -0.4 is 0 Å². The summed E-state index contributed by atoms with van der Waals surface area (Å²) < 4.78 is 16.9. The molecule has 0 amide bonds. The van der Waals surface area contributed by atoms with Crippen molar-refractivity contribution in [3.63, 3.8) is 0 Å². The van der Waals surface area contributed by atoms with Gasteiger partial charge in [-0.1, -0.05) is 244 Å². The standard InChI is InChI=1S/C69H112O6/c1-4-7-10-13-16-19-22-25-28-31-34-37-40-43-46-49-52-55-58-61-67(70)73-64-66(75-69(72)63-60-57-54-51-48-45-42-39-36-33-30-27-24-21-18-15-12-9-6-3)65-74-68(71)62-59-56-53-50-47-44-41-38-35-32-29-26-23-20-17-14-11-8-5-2/h7,9-10,12,16,18-19,21,25,27-28,30,32,34-37,39,43,45-46,48,66H,4-6,8,11,13-15,17,20,22-24,26,29,31,33,38,40-42,44,47,49-65H2,1-3H3/b10-7-,12-9-,19-16-,21-18-,28-25-,30-27-,35-32-,37-34-,39-36-,46-43-,48-45-/t66-/m0/s1. The van der Waals surface area contributed by atoms with Gasteiger partial charge in [-0.05, 0) is 135 Å². The Morgan fingerprint density at radius 2 is 0.520 bits per heavy atom. The zero-order chi connectivity index (χ0) is 54.3. The van der Waals surface area contributed by atoms with Gasteiger partial charge in [0.1, 0.15) is 13.2 Å². The van der Waals surface area contributed by atoms with Crippen molar-refractivity contribution in [2.24, 2.45) is 0 Å². The molecule has 0 aromatic heterocycles. The molecule has 0 aliphatic carbocycles. The quantitative estimate of drug-likeness (QED) is 0.0261. The molecule has 6 heteroatoms. The van der Waals surface area contributed by atoms with Crippen LogP contribution in [0.3, 0.4) is 0 Å². The highest BCUT2D eigenvalue weighted by Gasteiger charge is 2.19. The fraction of sp³-hybridized carbons (Fsp3) is 0.638. The fourth-order valence-corrected chi connectivity index (χ4v) is 8.08. The van der Waals surface area contributed by atoms with Crippen LogP contribution in [0, 0.1) is 0 Å². The Morgan fingerprint density at radius 3 is 0.840 bits per heavy atom. The van der Waals surface area contributed by atoms with E-state index in [2.05, 4.69) is 154 Å². The summed E-state index contributed by atoms with van der Waals surface area (Å²) in [5.41, 5.74) is 0. The van der Waals surface area contributed by atoms with E-state index < -0.39 is 6.10 Å². The van der Waals surface area contributed by atoms with Gasteiger partial charge in [-0.25, -0.2) is 0 Å². The van der Waals surface area contributed by atoms with Crippen molar-refractivity contribution < 1.29 is 28.6 Å². The van der Waals surface area contributed by atoms with Crippen molar-refractivity contribution in [1.82, 2.24) is 0 Å². The van der Waals surface area contributed by atoms with Crippen LogP contribution in [-0.2, 0) is 28.6 Å². The van der Waals surface area contributed by atoms with Gasteiger partial charge in [0.15, 0.2) is 6.10 Å². The molecule has 0 bridgehead atoms. The molecule has 0 fully saturated rings. The molecule has 0 saturated carbocycles. The highest BCUT2D eigenvalue weighted by molar-refractivity contribution is 5.71. The average molecular weight is 1040 g/mol. The molecule has 6 nitrogen and oxygen atoms in total. The van der Waals surface area contributed by atoms with Gasteiger partial charge in [0.05, 0.1) is 0 Å². The fourth-order valence-electron chi connectivity index (χ4n) is 8.08. The van der Waals surface area contributed by atoms with E-state index in [0.717, 1.165) is 128 Å². The maximum absolute atomic E-state index is 12.9. The molecular weight excluding hydrogens is 925 g/mol. The highest BCUT2D eigenvalue weighted by Crippen LogP contribution is 2.14. The minimum absolute atomic E-state index is 0.108. The van der Waals surface area contributed by atoms with Crippen molar-refractivity contribution >= 4 is 17.9 Å². The number of hydrogen-bond acceptors (Lipinski definition) is 6. The maximum atomic E-state index is 12.9. The second-order valence-corrected chi connectivity index (χ2v) is 19.8. The summed E-state index contributed by atoms with van der Waals surface area (Å²) in [6.45, 7) is 6.36. The number of carbonyl (C=O) groups excluding carboxylic acids is 3. The third-order valence-corrected chi connectivity index (χ3v) is 12.6. The number of carbonyl (C=O) groups is 3. The lowest BCUT2D eigenvalue weighted by atomic mass is 10.1. The van der Waals surface area contributed by atoms with E-state index in [1.165, 1.54) is 89.9 Å². The number of ether oxygens (including phenoxy) is 3. The number of unbranched alkanes of at least 4 members (excludes halogenated alkanes) is 21. The Kier molecular flexibility index (Phi) is 58.4. The van der Waals surface area contributed by atoms with Crippen molar-refractivity contribution in [3.05, 3.63) is 134 Å². The van der Waals surface area contributed by atoms with Crippen LogP contribution in [-0.4, -0.2) is 37.2 Å².